The topological polar surface area (TPSA) is 92.8 Å². The average molecular weight is 463 g/mol. The molecule has 1 N–H and O–H groups in total. The van der Waals surface area contributed by atoms with Gasteiger partial charge in [-0.2, -0.15) is 4.31 Å². The minimum atomic E-state index is -4.07. The first-order valence-electron chi connectivity index (χ1n) is 10.5. The summed E-state index contributed by atoms with van der Waals surface area (Å²) in [7, 11) is -4.07. The van der Waals surface area contributed by atoms with E-state index in [0.29, 0.717) is 31.6 Å². The Balaban J connectivity index is 1.74. The lowest BCUT2D eigenvalue weighted by Crippen LogP contribution is -2.36. The van der Waals surface area contributed by atoms with Crippen LogP contribution in [0.2, 0.25) is 0 Å². The Morgan fingerprint density at radius 2 is 1.75 bits per heavy atom. The minimum Gasteiger partial charge on any atom is -0.449 e. The van der Waals surface area contributed by atoms with Crippen LogP contribution in [0.3, 0.4) is 0 Å². The summed E-state index contributed by atoms with van der Waals surface area (Å²) >= 11 is 0. The van der Waals surface area contributed by atoms with Gasteiger partial charge in [-0.05, 0) is 69.0 Å². The first-order valence-corrected chi connectivity index (χ1v) is 11.9. The summed E-state index contributed by atoms with van der Waals surface area (Å²) in [5.41, 5.74) is 2.28. The van der Waals surface area contributed by atoms with E-state index in [9.17, 15) is 22.4 Å². The summed E-state index contributed by atoms with van der Waals surface area (Å²) in [5, 5.41) is 2.72. The van der Waals surface area contributed by atoms with E-state index in [1.54, 1.807) is 6.07 Å². The van der Waals surface area contributed by atoms with E-state index in [2.05, 4.69) is 5.32 Å². The zero-order valence-electron chi connectivity index (χ0n) is 18.4. The van der Waals surface area contributed by atoms with Crippen molar-refractivity contribution < 1.29 is 27.1 Å². The van der Waals surface area contributed by atoms with Crippen molar-refractivity contribution in [2.75, 3.05) is 18.4 Å². The molecule has 9 heteroatoms. The van der Waals surface area contributed by atoms with Crippen LogP contribution in [0.4, 0.5) is 10.1 Å². The molecule has 7 nitrogen and oxygen atoms in total. The molecule has 1 heterocycles. The van der Waals surface area contributed by atoms with Gasteiger partial charge < -0.3 is 10.1 Å². The number of benzene rings is 2. The number of esters is 1. The molecule has 0 bridgehead atoms. The van der Waals surface area contributed by atoms with Gasteiger partial charge in [-0.1, -0.05) is 18.6 Å². The number of nitrogens with zero attached hydrogens (tertiary/aromatic N) is 1. The first kappa shape index (κ1) is 23.9. The van der Waals surface area contributed by atoms with Gasteiger partial charge in [0.25, 0.3) is 5.91 Å². The highest BCUT2D eigenvalue weighted by Gasteiger charge is 2.30. The van der Waals surface area contributed by atoms with Gasteiger partial charge in [0.15, 0.2) is 6.10 Å². The summed E-state index contributed by atoms with van der Waals surface area (Å²) in [5.74, 6) is -2.38. The molecule has 0 aromatic heterocycles. The number of sulfonamides is 1. The molecule has 1 aliphatic heterocycles. The van der Waals surface area contributed by atoms with E-state index in [4.69, 9.17) is 4.74 Å². The Morgan fingerprint density at radius 3 is 2.44 bits per heavy atom. The number of hydrogen-bond acceptors (Lipinski definition) is 5. The molecule has 0 saturated carbocycles. The summed E-state index contributed by atoms with van der Waals surface area (Å²) < 4.78 is 46.5. The smallest absolute Gasteiger partial charge is 0.338 e. The number of rotatable bonds is 6. The Kier molecular flexibility index (Phi) is 7.30. The normalized spacial score (nSPS) is 15.8. The molecule has 1 aliphatic rings. The third-order valence-corrected chi connectivity index (χ3v) is 7.32. The lowest BCUT2D eigenvalue weighted by molar-refractivity contribution is -0.123. The van der Waals surface area contributed by atoms with E-state index in [1.807, 2.05) is 26.0 Å². The Morgan fingerprint density at radius 1 is 1.06 bits per heavy atom. The van der Waals surface area contributed by atoms with Gasteiger partial charge in [0, 0.05) is 18.8 Å². The van der Waals surface area contributed by atoms with Crippen molar-refractivity contribution in [2.45, 2.75) is 51.0 Å². The number of anilines is 1. The molecule has 32 heavy (non-hydrogen) atoms. The zero-order chi connectivity index (χ0) is 23.5. The average Bonchev–Trinajstić information content (AvgIpc) is 2.76. The summed E-state index contributed by atoms with van der Waals surface area (Å²) in [6.45, 7) is 5.77. The van der Waals surface area contributed by atoms with Crippen LogP contribution in [-0.4, -0.2) is 43.8 Å². The number of hydrogen-bond donors (Lipinski definition) is 1. The Hall–Kier alpha value is -2.78. The van der Waals surface area contributed by atoms with E-state index in [0.717, 1.165) is 35.7 Å². The van der Waals surface area contributed by atoms with Gasteiger partial charge in [-0.25, -0.2) is 17.6 Å². The van der Waals surface area contributed by atoms with Crippen LogP contribution in [0, 0.1) is 19.7 Å². The second kappa shape index (κ2) is 9.79. The SMILES string of the molecule is Cc1ccc(C)c(NC(=O)C(C)OC(=O)c2ccc(F)c(S(=O)(=O)N3CCCCC3)c2)c1. The Bertz CT molecular complexity index is 1130. The molecule has 0 radical (unpaired) electrons. The quantitative estimate of drug-likeness (QED) is 0.659. The van der Waals surface area contributed by atoms with Gasteiger partial charge in [0.05, 0.1) is 5.56 Å². The number of aryl methyl sites for hydroxylation is 2. The van der Waals surface area contributed by atoms with Crippen LogP contribution in [0.5, 0.6) is 0 Å². The Labute approximate surface area is 187 Å². The highest BCUT2D eigenvalue weighted by Crippen LogP contribution is 2.24. The maximum atomic E-state index is 14.4. The second-order valence-electron chi connectivity index (χ2n) is 7.97. The molecule has 0 aliphatic carbocycles. The van der Waals surface area contributed by atoms with Crippen molar-refractivity contribution in [3.05, 3.63) is 58.9 Å². The monoisotopic (exact) mass is 462 g/mol. The van der Waals surface area contributed by atoms with Gasteiger partial charge in [-0.15, -0.1) is 0 Å². The highest BCUT2D eigenvalue weighted by molar-refractivity contribution is 7.89. The fourth-order valence-corrected chi connectivity index (χ4v) is 5.07. The van der Waals surface area contributed by atoms with Crippen LogP contribution in [0.25, 0.3) is 0 Å². The maximum absolute atomic E-state index is 14.4. The summed E-state index contributed by atoms with van der Waals surface area (Å²) in [6.07, 6.45) is 1.18. The summed E-state index contributed by atoms with van der Waals surface area (Å²) in [6, 6.07) is 8.62. The molecule has 1 fully saturated rings. The van der Waals surface area contributed by atoms with E-state index in [-0.39, 0.29) is 5.56 Å². The van der Waals surface area contributed by atoms with Gasteiger partial charge >= 0.3 is 5.97 Å². The van der Waals surface area contributed by atoms with Gasteiger partial charge in [0.1, 0.15) is 10.7 Å². The third kappa shape index (κ3) is 5.34. The predicted molar refractivity (Wildman–Crippen MR) is 118 cm³/mol. The standard InChI is InChI=1S/C23H27FN2O5S/c1-15-7-8-16(2)20(13-15)25-22(27)17(3)31-23(28)18-9-10-19(24)21(14-18)32(29,30)26-11-5-4-6-12-26/h7-10,13-14,17H,4-6,11-12H2,1-3H3,(H,25,27). The van der Waals surface area contributed by atoms with Gasteiger partial charge in [0.2, 0.25) is 10.0 Å². The van der Waals surface area contributed by atoms with Crippen LogP contribution in [0.15, 0.2) is 41.3 Å². The largest absolute Gasteiger partial charge is 0.449 e. The molecular formula is C23H27FN2O5S. The van der Waals surface area contributed by atoms with E-state index < -0.39 is 38.7 Å². The molecule has 2 aromatic carbocycles. The number of carbonyl (C=O) groups excluding carboxylic acids is 2. The number of piperidine rings is 1. The number of ether oxygens (including phenoxy) is 1. The molecule has 0 spiro atoms. The highest BCUT2D eigenvalue weighted by atomic mass is 32.2. The molecule has 1 unspecified atom stereocenters. The molecule has 172 valence electrons. The molecule has 3 rings (SSSR count). The number of carbonyl (C=O) groups is 2. The van der Waals surface area contributed by atoms with Crippen molar-refractivity contribution in [1.82, 2.24) is 4.31 Å². The summed E-state index contributed by atoms with van der Waals surface area (Å²) in [4.78, 5) is 24.5. The first-order chi connectivity index (χ1) is 15.1. The second-order valence-corrected chi connectivity index (χ2v) is 9.87. The van der Waals surface area contributed by atoms with Crippen LogP contribution in [0.1, 0.15) is 47.7 Å². The van der Waals surface area contributed by atoms with Crippen molar-refractivity contribution in [3.63, 3.8) is 0 Å². The number of nitrogens with one attached hydrogen (secondary N) is 1. The van der Waals surface area contributed by atoms with Crippen molar-refractivity contribution in [3.8, 4) is 0 Å². The van der Waals surface area contributed by atoms with E-state index >= 15 is 0 Å². The fraction of sp³-hybridized carbons (Fsp3) is 0.391. The lowest BCUT2D eigenvalue weighted by Gasteiger charge is -2.26. The molecule has 1 saturated heterocycles. The van der Waals surface area contributed by atoms with Crippen LogP contribution < -0.4 is 5.32 Å². The van der Waals surface area contributed by atoms with Crippen molar-refractivity contribution in [2.24, 2.45) is 0 Å². The predicted octanol–water partition coefficient (Wildman–Crippen LogP) is 3.80. The molecule has 1 atom stereocenters. The van der Waals surface area contributed by atoms with Crippen LogP contribution in [-0.2, 0) is 19.6 Å². The molecular weight excluding hydrogens is 435 g/mol. The number of amides is 1. The lowest BCUT2D eigenvalue weighted by atomic mass is 10.1. The fourth-order valence-electron chi connectivity index (χ4n) is 3.46. The third-order valence-electron chi connectivity index (χ3n) is 5.40. The minimum absolute atomic E-state index is 0.145. The van der Waals surface area contributed by atoms with Crippen molar-refractivity contribution >= 4 is 27.6 Å². The molecule has 2 aromatic rings. The van der Waals surface area contributed by atoms with Crippen LogP contribution >= 0.6 is 0 Å². The maximum Gasteiger partial charge on any atom is 0.338 e. The number of halogens is 1. The zero-order valence-corrected chi connectivity index (χ0v) is 19.2. The van der Waals surface area contributed by atoms with Crippen molar-refractivity contribution in [1.29, 1.82) is 0 Å². The van der Waals surface area contributed by atoms with E-state index in [1.165, 1.54) is 11.2 Å². The van der Waals surface area contributed by atoms with Gasteiger partial charge in [-0.3, -0.25) is 4.79 Å². The molecule has 1 amide bonds.